The number of nitrogens with zero attached hydrogens (tertiary/aromatic N) is 3. The van der Waals surface area contributed by atoms with Gasteiger partial charge in [0.2, 0.25) is 11.8 Å². The second kappa shape index (κ2) is 10.3. The van der Waals surface area contributed by atoms with Gasteiger partial charge in [0.1, 0.15) is 0 Å². The largest absolute Gasteiger partial charge is 0.378 e. The Morgan fingerprint density at radius 1 is 0.618 bits per heavy atom. The summed E-state index contributed by atoms with van der Waals surface area (Å²) in [4.78, 5) is 18.2. The summed E-state index contributed by atoms with van der Waals surface area (Å²) in [5.74, 6) is -0.0669. The first kappa shape index (κ1) is 23.2. The second-order valence-corrected chi connectivity index (χ2v) is 8.95. The van der Waals surface area contributed by atoms with Crippen molar-refractivity contribution in [1.82, 2.24) is 0 Å². The summed E-state index contributed by atoms with van der Waals surface area (Å²) in [6.07, 6.45) is 3.97. The van der Waals surface area contributed by atoms with Gasteiger partial charge in [-0.3, -0.25) is 4.79 Å². The van der Waals surface area contributed by atoms with Gasteiger partial charge in [0.15, 0.2) is 12.4 Å². The van der Waals surface area contributed by atoms with Crippen LogP contribution in [0.25, 0.3) is 0 Å². The molecule has 0 spiro atoms. The summed E-state index contributed by atoms with van der Waals surface area (Å²) in [5.41, 5.74) is 5.18. The quantitative estimate of drug-likeness (QED) is 0.267. The summed E-state index contributed by atoms with van der Waals surface area (Å²) < 4.78 is 2.04. The topological polar surface area (TPSA) is 27.4 Å². The van der Waals surface area contributed by atoms with Crippen molar-refractivity contribution in [2.24, 2.45) is 0 Å². The van der Waals surface area contributed by atoms with Crippen molar-refractivity contribution in [2.45, 2.75) is 12.0 Å². The maximum atomic E-state index is 14.0. The molecule has 3 aromatic carbocycles. The molecule has 0 N–H and O–H groups in total. The maximum absolute atomic E-state index is 14.0. The Balaban J connectivity index is 1.89. The molecule has 0 fully saturated rings. The van der Waals surface area contributed by atoms with Crippen LogP contribution in [0.3, 0.4) is 0 Å². The van der Waals surface area contributed by atoms with Crippen LogP contribution in [0.5, 0.6) is 0 Å². The normalized spacial score (nSPS) is 11.8. The smallest absolute Gasteiger partial charge is 0.231 e. The molecule has 0 saturated carbocycles. The van der Waals surface area contributed by atoms with Gasteiger partial charge in [-0.2, -0.15) is 4.57 Å². The fraction of sp³-hybridized carbons (Fsp3) is 0.200. The molecule has 34 heavy (non-hydrogen) atoms. The monoisotopic (exact) mass is 450 g/mol. The molecule has 1 atom stereocenters. The lowest BCUT2D eigenvalue weighted by molar-refractivity contribution is -0.709. The van der Waals surface area contributed by atoms with E-state index in [1.807, 2.05) is 93.7 Å². The summed E-state index contributed by atoms with van der Waals surface area (Å²) in [5, 5.41) is 0. The van der Waals surface area contributed by atoms with Crippen LogP contribution in [-0.4, -0.2) is 34.0 Å². The zero-order valence-electron chi connectivity index (χ0n) is 20.3. The number of rotatable bonds is 8. The average molecular weight is 451 g/mol. The molecule has 0 aliphatic carbocycles. The number of carbonyl (C=O) groups excluding carboxylic acids is 1. The van der Waals surface area contributed by atoms with Gasteiger partial charge in [0.25, 0.3) is 0 Å². The van der Waals surface area contributed by atoms with Crippen molar-refractivity contribution in [2.75, 3.05) is 38.0 Å². The maximum Gasteiger partial charge on any atom is 0.231 e. The predicted octanol–water partition coefficient (Wildman–Crippen LogP) is 5.36. The lowest BCUT2D eigenvalue weighted by atomic mass is 9.81. The lowest BCUT2D eigenvalue weighted by Gasteiger charge is -2.25. The highest BCUT2D eigenvalue weighted by molar-refractivity contribution is 5.98. The number of anilines is 2. The molecule has 4 rings (SSSR count). The van der Waals surface area contributed by atoms with Crippen molar-refractivity contribution in [3.05, 3.63) is 126 Å². The molecule has 0 radical (unpaired) electrons. The number of benzene rings is 3. The van der Waals surface area contributed by atoms with E-state index in [-0.39, 0.29) is 11.7 Å². The molecule has 4 heteroatoms. The predicted molar refractivity (Wildman–Crippen MR) is 140 cm³/mol. The molecule has 4 aromatic rings. The van der Waals surface area contributed by atoms with Crippen LogP contribution < -0.4 is 14.4 Å². The van der Waals surface area contributed by atoms with Gasteiger partial charge in [-0.1, -0.05) is 60.7 Å². The van der Waals surface area contributed by atoms with Gasteiger partial charge in [-0.05, 0) is 35.4 Å². The zero-order valence-corrected chi connectivity index (χ0v) is 20.3. The number of hydrogen-bond donors (Lipinski definition) is 0. The number of pyridine rings is 1. The molecule has 0 unspecified atom stereocenters. The third-order valence-electron chi connectivity index (χ3n) is 6.24. The Kier molecular flexibility index (Phi) is 7.07. The molecule has 0 aliphatic heterocycles. The van der Waals surface area contributed by atoms with Gasteiger partial charge in [-0.25, -0.2) is 0 Å². The third kappa shape index (κ3) is 5.01. The number of carbonyl (C=O) groups is 1. The van der Waals surface area contributed by atoms with E-state index in [0.717, 1.165) is 22.5 Å². The van der Waals surface area contributed by atoms with E-state index in [1.54, 1.807) is 0 Å². The first-order valence-corrected chi connectivity index (χ1v) is 11.6. The molecular formula is C30H32N3O+. The molecule has 1 heterocycles. The number of hydrogen-bond acceptors (Lipinski definition) is 3. The van der Waals surface area contributed by atoms with Gasteiger partial charge in [-0.15, -0.1) is 0 Å². The minimum Gasteiger partial charge on any atom is -0.378 e. The molecule has 0 saturated heterocycles. The second-order valence-electron chi connectivity index (χ2n) is 8.95. The Morgan fingerprint density at radius 2 is 1.06 bits per heavy atom. The van der Waals surface area contributed by atoms with Gasteiger partial charge < -0.3 is 9.80 Å². The highest BCUT2D eigenvalue weighted by Gasteiger charge is 2.39. The molecule has 4 nitrogen and oxygen atoms in total. The Morgan fingerprint density at radius 3 is 1.50 bits per heavy atom. The summed E-state index contributed by atoms with van der Waals surface area (Å²) in [7, 11) is 8.14. The van der Waals surface area contributed by atoms with Crippen LogP contribution in [0.15, 0.2) is 109 Å². The number of aromatic nitrogens is 1. The van der Waals surface area contributed by atoms with Crippen LogP contribution in [-0.2, 0) is 0 Å². The molecule has 1 aromatic heterocycles. The van der Waals surface area contributed by atoms with Crippen LogP contribution in [0.2, 0.25) is 0 Å². The molecule has 172 valence electrons. The van der Waals surface area contributed by atoms with E-state index in [0.29, 0.717) is 5.56 Å². The van der Waals surface area contributed by atoms with Crippen molar-refractivity contribution in [3.8, 4) is 0 Å². The Hall–Kier alpha value is -3.92. The summed E-state index contributed by atoms with van der Waals surface area (Å²) >= 11 is 0. The van der Waals surface area contributed by atoms with E-state index in [4.69, 9.17) is 0 Å². The summed E-state index contributed by atoms with van der Waals surface area (Å²) in [6.45, 7) is 0. The van der Waals surface area contributed by atoms with Crippen LogP contribution in [0, 0.1) is 0 Å². The van der Waals surface area contributed by atoms with Crippen LogP contribution >= 0.6 is 0 Å². The standard InChI is InChI=1S/C30H32N3O/c1-31(2)26-17-13-23(14-18-26)28(24-15-19-27(20-16-24)32(3)4)29(33-21-9-6-10-22-33)30(34)25-11-7-5-8-12-25/h5-22,28-29H,1-4H3/q+1/t29-/m0/s1. The fourth-order valence-electron chi connectivity index (χ4n) is 4.35. The number of ketones is 1. The van der Waals surface area contributed by atoms with Crippen molar-refractivity contribution >= 4 is 17.2 Å². The molecule has 0 bridgehead atoms. The van der Waals surface area contributed by atoms with E-state index in [1.165, 1.54) is 0 Å². The fourth-order valence-corrected chi connectivity index (χ4v) is 4.35. The highest BCUT2D eigenvalue weighted by atomic mass is 16.1. The van der Waals surface area contributed by atoms with Gasteiger partial charge >= 0.3 is 0 Å². The van der Waals surface area contributed by atoms with Gasteiger partial charge in [0.05, 0.1) is 5.92 Å². The molecule has 0 aliphatic rings. The minimum absolute atomic E-state index is 0.0928. The zero-order chi connectivity index (χ0) is 24.1. The first-order chi connectivity index (χ1) is 16.5. The van der Waals surface area contributed by atoms with E-state index >= 15 is 0 Å². The number of Topliss-reactive ketones (excluding diaryl/α,β-unsaturated/α-hetero) is 1. The lowest BCUT2D eigenvalue weighted by Crippen LogP contribution is -2.47. The summed E-state index contributed by atoms with van der Waals surface area (Å²) in [6, 6.07) is 32.2. The van der Waals surface area contributed by atoms with E-state index in [9.17, 15) is 4.79 Å². The Bertz CT molecular complexity index is 1150. The molecule has 0 amide bonds. The first-order valence-electron chi connectivity index (χ1n) is 11.6. The van der Waals surface area contributed by atoms with Crippen molar-refractivity contribution in [3.63, 3.8) is 0 Å². The minimum atomic E-state index is -0.431. The average Bonchev–Trinajstić information content (AvgIpc) is 2.88. The van der Waals surface area contributed by atoms with Crippen molar-refractivity contribution < 1.29 is 9.36 Å². The third-order valence-corrected chi connectivity index (χ3v) is 6.24. The van der Waals surface area contributed by atoms with E-state index < -0.39 is 6.04 Å². The van der Waals surface area contributed by atoms with Crippen LogP contribution in [0.4, 0.5) is 11.4 Å². The highest BCUT2D eigenvalue weighted by Crippen LogP contribution is 2.36. The SMILES string of the molecule is CN(C)c1ccc(C(c2ccc(N(C)C)cc2)[C@@H](C(=O)c2ccccc2)[n+]2ccccc2)cc1. The molecular weight excluding hydrogens is 418 g/mol. The Labute approximate surface area is 202 Å². The van der Waals surface area contributed by atoms with Crippen molar-refractivity contribution in [1.29, 1.82) is 0 Å². The van der Waals surface area contributed by atoms with Crippen LogP contribution in [0.1, 0.15) is 33.4 Å². The van der Waals surface area contributed by atoms with Gasteiger partial charge in [0, 0.05) is 57.3 Å². The van der Waals surface area contributed by atoms with E-state index in [2.05, 4.69) is 58.3 Å².